The number of hydrogen-bond donors (Lipinski definition) is 2. The van der Waals surface area contributed by atoms with Crippen LogP contribution in [0, 0.1) is 0 Å². The zero-order valence-electron chi connectivity index (χ0n) is 11.7. The summed E-state index contributed by atoms with van der Waals surface area (Å²) in [7, 11) is 0. The van der Waals surface area contributed by atoms with Gasteiger partial charge in [0.15, 0.2) is 5.96 Å². The van der Waals surface area contributed by atoms with Gasteiger partial charge in [-0.1, -0.05) is 30.3 Å². The molecule has 1 aliphatic heterocycles. The van der Waals surface area contributed by atoms with Crippen molar-refractivity contribution in [2.45, 2.75) is 31.8 Å². The number of aliphatic imine (C=N–C) groups is 1. The molecule has 1 atom stereocenters. The predicted molar refractivity (Wildman–Crippen MR) is 93.5 cm³/mol. The number of aliphatic hydroxyl groups excluding tert-OH is 1. The van der Waals surface area contributed by atoms with Crippen LogP contribution in [0.3, 0.4) is 0 Å². The minimum absolute atomic E-state index is 0. The van der Waals surface area contributed by atoms with Gasteiger partial charge in [-0.15, -0.1) is 24.0 Å². The van der Waals surface area contributed by atoms with Gasteiger partial charge in [-0.25, -0.2) is 0 Å². The highest BCUT2D eigenvalue weighted by molar-refractivity contribution is 14.0. The first-order valence-electron chi connectivity index (χ1n) is 7.02. The lowest BCUT2D eigenvalue weighted by atomic mass is 10.1. The smallest absolute Gasteiger partial charge is 0.191 e. The van der Waals surface area contributed by atoms with Crippen molar-refractivity contribution in [2.75, 3.05) is 19.6 Å². The topological polar surface area (TPSA) is 61.9 Å². The Bertz CT molecular complexity index is 405. The van der Waals surface area contributed by atoms with E-state index >= 15 is 0 Å². The number of nitrogens with two attached hydrogens (primary N) is 1. The van der Waals surface area contributed by atoms with Crippen LogP contribution >= 0.6 is 24.0 Å². The van der Waals surface area contributed by atoms with Gasteiger partial charge in [0.25, 0.3) is 0 Å². The van der Waals surface area contributed by atoms with E-state index in [1.54, 1.807) is 0 Å². The Kier molecular flexibility index (Phi) is 7.91. The Morgan fingerprint density at radius 3 is 2.50 bits per heavy atom. The number of likely N-dealkylation sites (tertiary alicyclic amines) is 1. The highest BCUT2D eigenvalue weighted by Crippen LogP contribution is 2.08. The molecule has 0 saturated carbocycles. The Labute approximate surface area is 138 Å². The van der Waals surface area contributed by atoms with E-state index in [1.165, 1.54) is 19.3 Å². The number of halogens is 1. The van der Waals surface area contributed by atoms with E-state index < -0.39 is 6.10 Å². The Morgan fingerprint density at radius 2 is 1.85 bits per heavy atom. The van der Waals surface area contributed by atoms with E-state index in [4.69, 9.17) is 5.73 Å². The average molecular weight is 389 g/mol. The minimum atomic E-state index is -0.467. The normalized spacial score (nSPS) is 17.4. The first-order chi connectivity index (χ1) is 9.25. The lowest BCUT2D eigenvalue weighted by molar-refractivity contribution is 0.183. The first kappa shape index (κ1) is 17.2. The van der Waals surface area contributed by atoms with Crippen LogP contribution in [0.4, 0.5) is 0 Å². The van der Waals surface area contributed by atoms with Gasteiger partial charge in [-0.05, 0) is 24.8 Å². The fraction of sp³-hybridized carbons (Fsp3) is 0.533. The van der Waals surface area contributed by atoms with Crippen molar-refractivity contribution in [3.05, 3.63) is 35.9 Å². The van der Waals surface area contributed by atoms with E-state index in [-0.39, 0.29) is 24.0 Å². The molecule has 1 aliphatic rings. The van der Waals surface area contributed by atoms with Crippen molar-refractivity contribution in [2.24, 2.45) is 10.7 Å². The number of piperidine rings is 1. The van der Waals surface area contributed by atoms with E-state index in [9.17, 15) is 5.11 Å². The number of benzene rings is 1. The molecule has 0 radical (unpaired) electrons. The summed E-state index contributed by atoms with van der Waals surface area (Å²) in [6, 6.07) is 9.96. The van der Waals surface area contributed by atoms with E-state index in [2.05, 4.69) is 9.89 Å². The molecule has 1 unspecified atom stereocenters. The lowest BCUT2D eigenvalue weighted by Crippen LogP contribution is -2.41. The summed E-state index contributed by atoms with van der Waals surface area (Å²) in [5.74, 6) is 0.576. The van der Waals surface area contributed by atoms with Crippen LogP contribution in [-0.4, -0.2) is 41.7 Å². The highest BCUT2D eigenvalue weighted by Gasteiger charge is 2.12. The fourth-order valence-corrected chi connectivity index (χ4v) is 2.37. The summed E-state index contributed by atoms with van der Waals surface area (Å²) in [6.07, 6.45) is 3.80. The maximum atomic E-state index is 9.97. The van der Waals surface area contributed by atoms with Crippen LogP contribution in [0.25, 0.3) is 0 Å². The second-order valence-corrected chi connectivity index (χ2v) is 5.09. The summed E-state index contributed by atoms with van der Waals surface area (Å²) in [5, 5.41) is 9.97. The molecule has 1 saturated heterocycles. The molecule has 1 aromatic rings. The van der Waals surface area contributed by atoms with Gasteiger partial charge in [0.2, 0.25) is 0 Å². The summed E-state index contributed by atoms with van der Waals surface area (Å²) in [4.78, 5) is 6.42. The molecule has 1 fully saturated rings. The molecule has 5 heteroatoms. The Morgan fingerprint density at radius 1 is 1.20 bits per heavy atom. The number of nitrogens with zero attached hydrogens (tertiary/aromatic N) is 2. The van der Waals surface area contributed by atoms with Crippen LogP contribution in [-0.2, 0) is 6.42 Å². The molecule has 112 valence electrons. The Hall–Kier alpha value is -0.820. The van der Waals surface area contributed by atoms with Crippen molar-refractivity contribution >= 4 is 29.9 Å². The van der Waals surface area contributed by atoms with Gasteiger partial charge in [0, 0.05) is 19.5 Å². The van der Waals surface area contributed by atoms with Crippen molar-refractivity contribution in [3.63, 3.8) is 0 Å². The van der Waals surface area contributed by atoms with Crippen LogP contribution in [0.15, 0.2) is 35.3 Å². The maximum Gasteiger partial charge on any atom is 0.191 e. The summed E-state index contributed by atoms with van der Waals surface area (Å²) >= 11 is 0. The molecule has 1 aromatic carbocycles. The third-order valence-electron chi connectivity index (χ3n) is 3.46. The highest BCUT2D eigenvalue weighted by atomic mass is 127. The molecule has 3 N–H and O–H groups in total. The molecule has 0 aliphatic carbocycles. The number of aliphatic hydroxyl groups is 1. The van der Waals surface area contributed by atoms with Crippen molar-refractivity contribution in [1.82, 2.24) is 4.90 Å². The standard InChI is InChI=1S/C15H23N3O.HI/c16-15(18-9-5-2-6-10-18)17-12-14(19)11-13-7-3-1-4-8-13;/h1,3-4,7-8,14,19H,2,5-6,9-12H2,(H2,16,17);1H. The van der Waals surface area contributed by atoms with Gasteiger partial charge in [-0.2, -0.15) is 0 Å². The molecule has 0 aromatic heterocycles. The SMILES string of the molecule is I.NC(=NCC(O)Cc1ccccc1)N1CCCCC1. The third kappa shape index (κ3) is 5.66. The molecular formula is C15H24IN3O. The van der Waals surface area contributed by atoms with Crippen LogP contribution in [0.2, 0.25) is 0 Å². The summed E-state index contributed by atoms with van der Waals surface area (Å²) in [5.41, 5.74) is 7.08. The number of guanidine groups is 1. The second kappa shape index (κ2) is 9.18. The van der Waals surface area contributed by atoms with Gasteiger partial charge in [0.05, 0.1) is 12.6 Å². The monoisotopic (exact) mass is 389 g/mol. The molecule has 0 spiro atoms. The van der Waals surface area contributed by atoms with Gasteiger partial charge >= 0.3 is 0 Å². The predicted octanol–water partition coefficient (Wildman–Crippen LogP) is 2.01. The van der Waals surface area contributed by atoms with Crippen LogP contribution in [0.5, 0.6) is 0 Å². The summed E-state index contributed by atoms with van der Waals surface area (Å²) < 4.78 is 0. The fourth-order valence-electron chi connectivity index (χ4n) is 2.37. The first-order valence-corrected chi connectivity index (χ1v) is 7.02. The molecule has 1 heterocycles. The van der Waals surface area contributed by atoms with Crippen molar-refractivity contribution < 1.29 is 5.11 Å². The molecule has 20 heavy (non-hydrogen) atoms. The lowest BCUT2D eigenvalue weighted by Gasteiger charge is -2.27. The van der Waals surface area contributed by atoms with Crippen LogP contribution < -0.4 is 5.73 Å². The molecule has 4 nitrogen and oxygen atoms in total. The minimum Gasteiger partial charge on any atom is -0.391 e. The van der Waals surface area contributed by atoms with Gasteiger partial charge in [0.1, 0.15) is 0 Å². The Balaban J connectivity index is 0.00000200. The van der Waals surface area contributed by atoms with Crippen molar-refractivity contribution in [3.8, 4) is 0 Å². The number of hydrogen-bond acceptors (Lipinski definition) is 2. The zero-order chi connectivity index (χ0) is 13.5. The third-order valence-corrected chi connectivity index (χ3v) is 3.46. The van der Waals surface area contributed by atoms with E-state index in [0.717, 1.165) is 18.7 Å². The number of rotatable bonds is 4. The average Bonchev–Trinajstić information content (AvgIpc) is 2.47. The summed E-state index contributed by atoms with van der Waals surface area (Å²) in [6.45, 7) is 2.35. The van der Waals surface area contributed by atoms with Crippen LogP contribution in [0.1, 0.15) is 24.8 Å². The largest absolute Gasteiger partial charge is 0.391 e. The maximum absolute atomic E-state index is 9.97. The molecule has 0 amide bonds. The molecule has 2 rings (SSSR count). The van der Waals surface area contributed by atoms with E-state index in [0.29, 0.717) is 18.9 Å². The van der Waals surface area contributed by atoms with Gasteiger partial charge < -0.3 is 15.7 Å². The van der Waals surface area contributed by atoms with E-state index in [1.807, 2.05) is 30.3 Å². The second-order valence-electron chi connectivity index (χ2n) is 5.09. The van der Waals surface area contributed by atoms with Gasteiger partial charge in [-0.3, -0.25) is 4.99 Å². The molecule has 0 bridgehead atoms. The van der Waals surface area contributed by atoms with Crippen molar-refractivity contribution in [1.29, 1.82) is 0 Å². The quantitative estimate of drug-likeness (QED) is 0.471. The molecular weight excluding hydrogens is 365 g/mol. The zero-order valence-corrected chi connectivity index (χ0v) is 14.1.